The Kier molecular flexibility index (Phi) is 6.40. The number of aromatic nitrogens is 1. The van der Waals surface area contributed by atoms with Crippen LogP contribution in [0.4, 0.5) is 0 Å². The molecule has 2 heterocycles. The third kappa shape index (κ3) is 5.90. The molecule has 2 aromatic heterocycles. The molecule has 2 rings (SSSR count). The molecule has 0 spiro atoms. The summed E-state index contributed by atoms with van der Waals surface area (Å²) in [5, 5.41) is 7.63. The number of aryl methyl sites for hydroxylation is 2. The summed E-state index contributed by atoms with van der Waals surface area (Å²) < 4.78 is 5.34. The van der Waals surface area contributed by atoms with Gasteiger partial charge >= 0.3 is 0 Å². The second kappa shape index (κ2) is 8.53. The molecular weight excluding hydrogens is 308 g/mol. The maximum Gasteiger partial charge on any atom is 0.191 e. The Labute approximate surface area is 141 Å². The third-order valence-corrected chi connectivity index (χ3v) is 4.30. The Bertz CT molecular complexity index is 639. The highest BCUT2D eigenvalue weighted by atomic mass is 32.1. The lowest BCUT2D eigenvalue weighted by Crippen LogP contribution is -2.39. The molecule has 0 aliphatic rings. The van der Waals surface area contributed by atoms with Crippen molar-refractivity contribution in [1.82, 2.24) is 15.6 Å². The number of hydrogen-bond acceptors (Lipinski definition) is 4. The maximum absolute atomic E-state index is 5.34. The largest absolute Gasteiger partial charge is 0.469 e. The van der Waals surface area contributed by atoms with E-state index in [1.54, 1.807) is 17.6 Å². The predicted molar refractivity (Wildman–Crippen MR) is 96.0 cm³/mol. The van der Waals surface area contributed by atoms with Gasteiger partial charge in [0.1, 0.15) is 10.8 Å². The zero-order valence-electron chi connectivity index (χ0n) is 14.0. The molecule has 0 aromatic carbocycles. The summed E-state index contributed by atoms with van der Waals surface area (Å²) in [4.78, 5) is 10.4. The van der Waals surface area contributed by atoms with Crippen molar-refractivity contribution in [2.75, 3.05) is 13.1 Å². The number of nitrogens with one attached hydrogen (secondary N) is 2. The SMILES string of the molecule is C=C(C)CNC(=NCc1nc(C)c(C)s1)NCCc1ccco1. The van der Waals surface area contributed by atoms with Crippen LogP contribution in [0.25, 0.3) is 0 Å². The van der Waals surface area contributed by atoms with Crippen LogP contribution in [0.3, 0.4) is 0 Å². The van der Waals surface area contributed by atoms with Crippen LogP contribution in [-0.2, 0) is 13.0 Å². The Morgan fingerprint density at radius 2 is 2.22 bits per heavy atom. The van der Waals surface area contributed by atoms with Gasteiger partial charge < -0.3 is 15.1 Å². The molecule has 0 amide bonds. The van der Waals surface area contributed by atoms with Gasteiger partial charge in [0.15, 0.2) is 5.96 Å². The molecule has 0 bridgehead atoms. The highest BCUT2D eigenvalue weighted by Crippen LogP contribution is 2.16. The Hall–Kier alpha value is -2.08. The van der Waals surface area contributed by atoms with Gasteiger partial charge in [0.25, 0.3) is 0 Å². The van der Waals surface area contributed by atoms with E-state index < -0.39 is 0 Å². The lowest BCUT2D eigenvalue weighted by Gasteiger charge is -2.11. The molecule has 0 unspecified atom stereocenters. The average Bonchev–Trinajstić information content (AvgIpc) is 3.12. The molecule has 0 radical (unpaired) electrons. The first-order chi connectivity index (χ1) is 11.0. The van der Waals surface area contributed by atoms with Crippen molar-refractivity contribution < 1.29 is 4.42 Å². The van der Waals surface area contributed by atoms with Crippen LogP contribution in [-0.4, -0.2) is 24.0 Å². The maximum atomic E-state index is 5.34. The lowest BCUT2D eigenvalue weighted by molar-refractivity contribution is 0.507. The zero-order valence-corrected chi connectivity index (χ0v) is 14.8. The summed E-state index contributed by atoms with van der Waals surface area (Å²) >= 11 is 1.70. The number of thiazole rings is 1. The molecule has 0 fully saturated rings. The topological polar surface area (TPSA) is 62.5 Å². The first-order valence-electron chi connectivity index (χ1n) is 7.66. The average molecular weight is 332 g/mol. The molecule has 0 atom stereocenters. The van der Waals surface area contributed by atoms with Crippen molar-refractivity contribution in [2.24, 2.45) is 4.99 Å². The van der Waals surface area contributed by atoms with Gasteiger partial charge in [-0.3, -0.25) is 0 Å². The number of rotatable bonds is 7. The van der Waals surface area contributed by atoms with E-state index in [0.717, 1.165) is 41.0 Å². The zero-order chi connectivity index (χ0) is 16.7. The normalized spacial score (nSPS) is 11.5. The molecule has 0 aliphatic heterocycles. The van der Waals surface area contributed by atoms with Crippen LogP contribution in [0.5, 0.6) is 0 Å². The summed E-state index contributed by atoms with van der Waals surface area (Å²) in [5.74, 6) is 1.73. The molecule has 124 valence electrons. The Morgan fingerprint density at radius 3 is 2.83 bits per heavy atom. The minimum Gasteiger partial charge on any atom is -0.469 e. The first-order valence-corrected chi connectivity index (χ1v) is 8.48. The summed E-state index contributed by atoms with van der Waals surface area (Å²) in [6, 6.07) is 3.87. The minimum absolute atomic E-state index is 0.575. The molecule has 2 N–H and O–H groups in total. The van der Waals surface area contributed by atoms with Crippen LogP contribution in [0.2, 0.25) is 0 Å². The monoisotopic (exact) mass is 332 g/mol. The van der Waals surface area contributed by atoms with Crippen LogP contribution in [0.15, 0.2) is 40.0 Å². The van der Waals surface area contributed by atoms with Gasteiger partial charge in [-0.15, -0.1) is 11.3 Å². The number of nitrogens with zero attached hydrogens (tertiary/aromatic N) is 2. The van der Waals surface area contributed by atoms with Gasteiger partial charge in [-0.05, 0) is 32.9 Å². The minimum atomic E-state index is 0.575. The van der Waals surface area contributed by atoms with E-state index in [9.17, 15) is 0 Å². The van der Waals surface area contributed by atoms with E-state index in [4.69, 9.17) is 4.42 Å². The van der Waals surface area contributed by atoms with Crippen molar-refractivity contribution in [3.05, 3.63) is 51.9 Å². The number of furan rings is 1. The van der Waals surface area contributed by atoms with E-state index in [1.165, 1.54) is 4.88 Å². The Balaban J connectivity index is 1.91. The fourth-order valence-electron chi connectivity index (χ4n) is 1.92. The number of guanidine groups is 1. The van der Waals surface area contributed by atoms with Gasteiger partial charge in [0.05, 0.1) is 18.5 Å². The molecule has 0 aliphatic carbocycles. The van der Waals surface area contributed by atoms with Gasteiger partial charge in [0, 0.05) is 24.4 Å². The molecule has 0 saturated carbocycles. The molecule has 6 heteroatoms. The van der Waals surface area contributed by atoms with Gasteiger partial charge in [-0.2, -0.15) is 0 Å². The second-order valence-electron chi connectivity index (χ2n) is 5.48. The van der Waals surface area contributed by atoms with E-state index in [1.807, 2.05) is 26.0 Å². The van der Waals surface area contributed by atoms with E-state index >= 15 is 0 Å². The van der Waals surface area contributed by atoms with Crippen molar-refractivity contribution >= 4 is 17.3 Å². The highest BCUT2D eigenvalue weighted by molar-refractivity contribution is 7.11. The Morgan fingerprint density at radius 1 is 1.39 bits per heavy atom. The quantitative estimate of drug-likeness (QED) is 0.464. The van der Waals surface area contributed by atoms with Crippen molar-refractivity contribution in [2.45, 2.75) is 33.7 Å². The van der Waals surface area contributed by atoms with Crippen molar-refractivity contribution in [1.29, 1.82) is 0 Å². The van der Waals surface area contributed by atoms with Gasteiger partial charge in [0.2, 0.25) is 0 Å². The van der Waals surface area contributed by atoms with Crippen LogP contribution in [0, 0.1) is 13.8 Å². The van der Waals surface area contributed by atoms with Crippen LogP contribution >= 0.6 is 11.3 Å². The molecule has 5 nitrogen and oxygen atoms in total. The number of aliphatic imine (C=N–C) groups is 1. The fourth-order valence-corrected chi connectivity index (χ4v) is 2.78. The second-order valence-corrected chi connectivity index (χ2v) is 6.77. The smallest absolute Gasteiger partial charge is 0.191 e. The van der Waals surface area contributed by atoms with E-state index in [-0.39, 0.29) is 0 Å². The summed E-state index contributed by atoms with van der Waals surface area (Å²) in [5.41, 5.74) is 2.15. The number of hydrogen-bond donors (Lipinski definition) is 2. The molecule has 23 heavy (non-hydrogen) atoms. The standard InChI is InChI=1S/C17H24N4OS/c1-12(2)10-19-17(18-8-7-15-6-5-9-22-15)20-11-16-21-13(3)14(4)23-16/h5-6,9H,1,7-8,10-11H2,2-4H3,(H2,18,19,20). The van der Waals surface area contributed by atoms with Gasteiger partial charge in [-0.25, -0.2) is 9.98 Å². The predicted octanol–water partition coefficient (Wildman–Crippen LogP) is 3.21. The summed E-state index contributed by atoms with van der Waals surface area (Å²) in [6.45, 7) is 12.0. The highest BCUT2D eigenvalue weighted by Gasteiger charge is 2.04. The molecule has 2 aromatic rings. The molecule has 0 saturated heterocycles. The lowest BCUT2D eigenvalue weighted by atomic mass is 10.3. The van der Waals surface area contributed by atoms with Gasteiger partial charge in [-0.1, -0.05) is 12.2 Å². The first kappa shape index (κ1) is 17.3. The molecular formula is C17H24N4OS. The summed E-state index contributed by atoms with van der Waals surface area (Å²) in [6.07, 6.45) is 2.51. The fraction of sp³-hybridized carbons (Fsp3) is 0.412. The van der Waals surface area contributed by atoms with Crippen molar-refractivity contribution in [3.63, 3.8) is 0 Å². The van der Waals surface area contributed by atoms with Crippen LogP contribution in [0.1, 0.15) is 28.3 Å². The van der Waals surface area contributed by atoms with Crippen molar-refractivity contribution in [3.8, 4) is 0 Å². The van der Waals surface area contributed by atoms with E-state index in [0.29, 0.717) is 13.1 Å². The van der Waals surface area contributed by atoms with Crippen LogP contribution < -0.4 is 10.6 Å². The van der Waals surface area contributed by atoms with E-state index in [2.05, 4.69) is 34.1 Å². The summed E-state index contributed by atoms with van der Waals surface area (Å²) in [7, 11) is 0. The third-order valence-electron chi connectivity index (χ3n) is 3.25.